The van der Waals surface area contributed by atoms with Gasteiger partial charge < -0.3 is 15.4 Å². The van der Waals surface area contributed by atoms with Gasteiger partial charge in [0.05, 0.1) is 36.1 Å². The highest BCUT2D eigenvalue weighted by molar-refractivity contribution is 5.69. The van der Waals surface area contributed by atoms with Crippen LogP contribution in [-0.2, 0) is 13.5 Å². The van der Waals surface area contributed by atoms with Crippen LogP contribution in [0.25, 0.3) is 11.1 Å². The van der Waals surface area contributed by atoms with Crippen molar-refractivity contribution in [2.45, 2.75) is 25.5 Å². The van der Waals surface area contributed by atoms with Crippen LogP contribution in [0, 0.1) is 18.3 Å². The highest BCUT2D eigenvalue weighted by atomic mass is 16.5. The smallest absolute Gasteiger partial charge is 0.237 e. The van der Waals surface area contributed by atoms with E-state index in [9.17, 15) is 0 Å². The Morgan fingerprint density at radius 2 is 2.03 bits per heavy atom. The molecule has 0 saturated carbocycles. The molecule has 1 aliphatic heterocycles. The minimum Gasteiger partial charge on any atom is -0.469 e. The Morgan fingerprint density at radius 3 is 2.77 bits per heavy atom. The van der Waals surface area contributed by atoms with Gasteiger partial charge in [-0.25, -0.2) is 4.98 Å². The molecular weight excluding hydrogens is 436 g/mol. The fourth-order valence-electron chi connectivity index (χ4n) is 4.43. The maximum atomic E-state index is 9.02. The molecule has 0 bridgehead atoms. The first-order valence-corrected chi connectivity index (χ1v) is 11.8. The molecule has 2 N–H and O–H groups in total. The quantitative estimate of drug-likeness (QED) is 0.421. The van der Waals surface area contributed by atoms with Crippen LogP contribution in [0.15, 0.2) is 73.2 Å². The van der Waals surface area contributed by atoms with Crippen LogP contribution in [0.2, 0.25) is 0 Å². The minimum atomic E-state index is -0.123. The second kappa shape index (κ2) is 10.00. The maximum Gasteiger partial charge on any atom is 0.237 e. The van der Waals surface area contributed by atoms with Crippen LogP contribution < -0.4 is 15.4 Å². The molecule has 7 nitrogen and oxygen atoms in total. The van der Waals surface area contributed by atoms with E-state index >= 15 is 0 Å². The molecule has 0 unspecified atom stereocenters. The van der Waals surface area contributed by atoms with Crippen molar-refractivity contribution in [3.63, 3.8) is 0 Å². The van der Waals surface area contributed by atoms with Crippen molar-refractivity contribution in [1.29, 1.82) is 5.26 Å². The number of aromatic nitrogens is 3. The highest BCUT2D eigenvalue weighted by Crippen LogP contribution is 2.34. The number of anilines is 1. The molecule has 2 aromatic heterocycles. The minimum absolute atomic E-state index is 0.00580. The van der Waals surface area contributed by atoms with Gasteiger partial charge in [0.15, 0.2) is 0 Å². The van der Waals surface area contributed by atoms with Crippen molar-refractivity contribution in [2.75, 3.05) is 18.4 Å². The van der Waals surface area contributed by atoms with Crippen molar-refractivity contribution in [2.24, 2.45) is 7.05 Å². The number of hydrogen-bond acceptors (Lipinski definition) is 6. The lowest BCUT2D eigenvalue weighted by Crippen LogP contribution is -2.43. The molecule has 0 saturated heterocycles. The van der Waals surface area contributed by atoms with E-state index in [0.717, 1.165) is 29.8 Å². The summed E-state index contributed by atoms with van der Waals surface area (Å²) in [6.45, 7) is 3.55. The molecule has 0 aliphatic carbocycles. The Labute approximate surface area is 205 Å². The Morgan fingerprint density at radius 1 is 1.17 bits per heavy atom. The number of ether oxygens (including phenoxy) is 1. The average Bonchev–Trinajstić information content (AvgIpc) is 3.32. The third kappa shape index (κ3) is 5.18. The monoisotopic (exact) mass is 464 g/mol. The van der Waals surface area contributed by atoms with Gasteiger partial charge in [-0.2, -0.15) is 10.4 Å². The zero-order valence-corrected chi connectivity index (χ0v) is 19.9. The van der Waals surface area contributed by atoms with Gasteiger partial charge in [0.2, 0.25) is 5.88 Å². The van der Waals surface area contributed by atoms with Crippen molar-refractivity contribution in [3.05, 3.63) is 95.4 Å². The van der Waals surface area contributed by atoms with E-state index in [1.807, 2.05) is 49.9 Å². The van der Waals surface area contributed by atoms with Gasteiger partial charge in [-0.3, -0.25) is 4.68 Å². The fourth-order valence-corrected chi connectivity index (χ4v) is 4.43. The van der Waals surface area contributed by atoms with Crippen LogP contribution >= 0.6 is 0 Å². The second-order valence-corrected chi connectivity index (χ2v) is 8.92. The molecule has 2 aromatic carbocycles. The summed E-state index contributed by atoms with van der Waals surface area (Å²) in [5, 5.41) is 20.5. The Balaban J connectivity index is 1.32. The number of nitrogens with one attached hydrogen (secondary N) is 2. The number of hydrogen-bond donors (Lipinski definition) is 2. The number of rotatable bonds is 7. The van der Waals surface area contributed by atoms with E-state index < -0.39 is 0 Å². The molecule has 7 heteroatoms. The normalized spacial score (nSPS) is 15.4. The van der Waals surface area contributed by atoms with Gasteiger partial charge in [0.1, 0.15) is 6.10 Å². The van der Waals surface area contributed by atoms with E-state index in [0.29, 0.717) is 18.0 Å². The van der Waals surface area contributed by atoms with Crippen LogP contribution in [0.4, 0.5) is 5.69 Å². The highest BCUT2D eigenvalue weighted by Gasteiger charge is 2.29. The molecule has 4 aromatic rings. The number of pyridine rings is 1. The summed E-state index contributed by atoms with van der Waals surface area (Å²) in [6, 6.07) is 20.5. The molecule has 5 rings (SSSR count). The van der Waals surface area contributed by atoms with Gasteiger partial charge in [0, 0.05) is 30.6 Å². The van der Waals surface area contributed by atoms with Crippen LogP contribution in [0.5, 0.6) is 5.88 Å². The summed E-state index contributed by atoms with van der Waals surface area (Å²) >= 11 is 0. The van der Waals surface area contributed by atoms with Crippen molar-refractivity contribution in [1.82, 2.24) is 20.1 Å². The number of fused-ring (bicyclic) bond motifs is 1. The predicted octanol–water partition coefficient (Wildman–Crippen LogP) is 4.41. The van der Waals surface area contributed by atoms with E-state index in [-0.39, 0.29) is 12.1 Å². The average molecular weight is 465 g/mol. The molecule has 35 heavy (non-hydrogen) atoms. The van der Waals surface area contributed by atoms with Crippen LogP contribution in [0.3, 0.4) is 0 Å². The van der Waals surface area contributed by atoms with E-state index in [2.05, 4.69) is 64.0 Å². The Bertz CT molecular complexity index is 1350. The van der Waals surface area contributed by atoms with Gasteiger partial charge in [0.25, 0.3) is 0 Å². The number of nitrogens with zero attached hydrogens (tertiary/aromatic N) is 4. The topological polar surface area (TPSA) is 87.8 Å². The number of nitriles is 1. The van der Waals surface area contributed by atoms with Crippen molar-refractivity contribution in [3.8, 4) is 23.1 Å². The summed E-state index contributed by atoms with van der Waals surface area (Å²) in [7, 11) is 1.90. The lowest BCUT2D eigenvalue weighted by atomic mass is 9.98. The van der Waals surface area contributed by atoms with E-state index in [1.54, 1.807) is 4.68 Å². The van der Waals surface area contributed by atoms with Gasteiger partial charge in [-0.15, -0.1) is 0 Å². The predicted molar refractivity (Wildman–Crippen MR) is 136 cm³/mol. The van der Waals surface area contributed by atoms with Gasteiger partial charge in [-0.1, -0.05) is 42.0 Å². The standard InChI is InChI=1S/C28H28N6O/c1-19-4-3-5-22(12-19)27(30-11-10-20-6-8-21(14-29)9-7-20)26-17-31-25-13-23(15-32-28(25)35-26)24-16-33-34(2)18-24/h3-9,12-13,15-16,18,26-27,30-31H,10-11,17H2,1-2H3/t26-,27+/m1/s1. The molecule has 0 radical (unpaired) electrons. The molecular formula is C28H28N6O. The lowest BCUT2D eigenvalue weighted by Gasteiger charge is -2.33. The van der Waals surface area contributed by atoms with Gasteiger partial charge in [-0.05, 0) is 49.2 Å². The van der Waals surface area contributed by atoms with Crippen LogP contribution in [-0.4, -0.2) is 34.0 Å². The summed E-state index contributed by atoms with van der Waals surface area (Å²) in [4.78, 5) is 4.62. The summed E-state index contributed by atoms with van der Waals surface area (Å²) < 4.78 is 8.21. The first-order valence-electron chi connectivity index (χ1n) is 11.8. The van der Waals surface area contributed by atoms with Crippen molar-refractivity contribution >= 4 is 5.69 Å². The second-order valence-electron chi connectivity index (χ2n) is 8.92. The first-order chi connectivity index (χ1) is 17.1. The SMILES string of the molecule is Cc1cccc([C@H](NCCc2ccc(C#N)cc2)[C@H]2CNc3cc(-c4cnn(C)c4)cnc3O2)c1. The zero-order chi connectivity index (χ0) is 24.2. The molecule has 176 valence electrons. The Kier molecular flexibility index (Phi) is 6.47. The third-order valence-electron chi connectivity index (χ3n) is 6.28. The summed E-state index contributed by atoms with van der Waals surface area (Å²) in [6.07, 6.45) is 6.38. The largest absolute Gasteiger partial charge is 0.469 e. The van der Waals surface area contributed by atoms with Crippen molar-refractivity contribution < 1.29 is 4.74 Å². The lowest BCUT2D eigenvalue weighted by molar-refractivity contribution is 0.150. The van der Waals surface area contributed by atoms with E-state index in [1.165, 1.54) is 16.7 Å². The Hall–Kier alpha value is -4.15. The third-order valence-corrected chi connectivity index (χ3v) is 6.28. The number of aryl methyl sites for hydroxylation is 2. The zero-order valence-electron chi connectivity index (χ0n) is 19.9. The molecule has 0 fully saturated rings. The summed E-state index contributed by atoms with van der Waals surface area (Å²) in [5.74, 6) is 0.612. The number of benzene rings is 2. The molecule has 3 heterocycles. The first kappa shape index (κ1) is 22.6. The van der Waals surface area contributed by atoms with Crippen LogP contribution in [0.1, 0.15) is 28.3 Å². The molecule has 0 spiro atoms. The van der Waals surface area contributed by atoms with Gasteiger partial charge >= 0.3 is 0 Å². The molecule has 0 amide bonds. The summed E-state index contributed by atoms with van der Waals surface area (Å²) in [5.41, 5.74) is 7.19. The fraction of sp³-hybridized carbons (Fsp3) is 0.250. The van der Waals surface area contributed by atoms with E-state index in [4.69, 9.17) is 10.00 Å². The molecule has 1 aliphatic rings. The maximum absolute atomic E-state index is 9.02. The molecule has 2 atom stereocenters.